The van der Waals surface area contributed by atoms with E-state index in [-0.39, 0.29) is 0 Å². The fourth-order valence-corrected chi connectivity index (χ4v) is 0.132. The molecule has 2 nitrogen and oxygen atoms in total. The summed E-state index contributed by atoms with van der Waals surface area (Å²) < 4.78 is 13.6. The summed E-state index contributed by atoms with van der Waals surface area (Å²) in [6.45, 7) is 0.668. The van der Waals surface area contributed by atoms with Gasteiger partial charge in [-0.25, -0.2) is 0 Å². The maximum absolute atomic E-state index is 8.55. The second kappa shape index (κ2) is 3.12. The van der Waals surface area contributed by atoms with E-state index >= 15 is 0 Å². The Morgan fingerprint density at radius 3 is 2.50 bits per heavy atom. The molecule has 0 aromatic heterocycles. The number of hydrogen-bond acceptors (Lipinski definition) is 2. The summed E-state index contributed by atoms with van der Waals surface area (Å²) in [5.41, 5.74) is 0. The molecule has 2 heteroatoms. The maximum atomic E-state index is 8.55. The lowest BCUT2D eigenvalue weighted by Gasteiger charge is -1.95. The van der Waals surface area contributed by atoms with Crippen molar-refractivity contribution in [3.05, 3.63) is 0 Å². The number of rotatable bonds is 2. The third-order valence-corrected chi connectivity index (χ3v) is 0.387. The standard InChI is InChI=1S/C4H10O2/c1-4(6)2-3-5/h4-6H,2-3H2,1H3/i2D2. The van der Waals surface area contributed by atoms with Crippen LogP contribution in [0.2, 0.25) is 0 Å². The van der Waals surface area contributed by atoms with Crippen LogP contribution in [0, 0.1) is 0 Å². The van der Waals surface area contributed by atoms with Crippen molar-refractivity contribution in [2.75, 3.05) is 6.61 Å². The lowest BCUT2D eigenvalue weighted by molar-refractivity contribution is 0.148. The Morgan fingerprint density at radius 2 is 2.50 bits per heavy atom. The monoisotopic (exact) mass is 92.1 g/mol. The van der Waals surface area contributed by atoms with E-state index < -0.39 is 19.1 Å². The number of aliphatic hydroxyl groups excluding tert-OH is 2. The van der Waals surface area contributed by atoms with Gasteiger partial charge in [0.25, 0.3) is 0 Å². The summed E-state index contributed by atoms with van der Waals surface area (Å²) in [5.74, 6) is 0. The van der Waals surface area contributed by atoms with Gasteiger partial charge in [0.05, 0.1) is 6.10 Å². The van der Waals surface area contributed by atoms with Gasteiger partial charge in [-0.1, -0.05) is 0 Å². The SMILES string of the molecule is [2H]C([2H])(CO)C(C)O. The van der Waals surface area contributed by atoms with Crippen LogP contribution in [0.15, 0.2) is 0 Å². The van der Waals surface area contributed by atoms with Crippen LogP contribution in [-0.2, 0) is 0 Å². The molecular formula is C4H10O2. The molecule has 0 spiro atoms. The van der Waals surface area contributed by atoms with Crippen molar-refractivity contribution < 1.29 is 13.0 Å². The highest BCUT2D eigenvalue weighted by molar-refractivity contribution is 4.40. The van der Waals surface area contributed by atoms with Crippen LogP contribution in [0.3, 0.4) is 0 Å². The van der Waals surface area contributed by atoms with Crippen LogP contribution in [0.5, 0.6) is 0 Å². The minimum Gasteiger partial charge on any atom is -0.396 e. The highest BCUT2D eigenvalue weighted by Crippen LogP contribution is 1.83. The van der Waals surface area contributed by atoms with E-state index in [4.69, 9.17) is 13.0 Å². The van der Waals surface area contributed by atoms with Crippen LogP contribution >= 0.6 is 0 Å². The molecule has 0 aliphatic rings. The molecule has 0 saturated heterocycles. The summed E-state index contributed by atoms with van der Waals surface area (Å²) >= 11 is 0. The smallest absolute Gasteiger partial charge is 0.0533 e. The Balaban J connectivity index is 3.71. The van der Waals surface area contributed by atoms with E-state index in [0.717, 1.165) is 0 Å². The maximum Gasteiger partial charge on any atom is 0.0533 e. The first-order valence-corrected chi connectivity index (χ1v) is 1.79. The number of aliphatic hydroxyl groups is 2. The molecule has 0 bridgehead atoms. The van der Waals surface area contributed by atoms with Crippen molar-refractivity contribution in [2.24, 2.45) is 0 Å². The van der Waals surface area contributed by atoms with Gasteiger partial charge >= 0.3 is 0 Å². The Morgan fingerprint density at radius 1 is 2.00 bits per heavy atom. The van der Waals surface area contributed by atoms with Crippen LogP contribution in [0.25, 0.3) is 0 Å². The van der Waals surface area contributed by atoms with Crippen molar-refractivity contribution in [1.82, 2.24) is 0 Å². The quantitative estimate of drug-likeness (QED) is 0.493. The van der Waals surface area contributed by atoms with E-state index in [0.29, 0.717) is 0 Å². The average Bonchev–Trinajstić information content (AvgIpc) is 1.67. The van der Waals surface area contributed by atoms with Crippen LogP contribution in [0.1, 0.15) is 16.0 Å². The number of hydrogen-bond donors (Lipinski definition) is 2. The molecule has 0 radical (unpaired) electrons. The summed E-state index contributed by atoms with van der Waals surface area (Å²) in [7, 11) is 0. The minimum atomic E-state index is -1.85. The van der Waals surface area contributed by atoms with Crippen molar-refractivity contribution in [3.63, 3.8) is 0 Å². The first-order valence-electron chi connectivity index (χ1n) is 2.79. The molecule has 0 rings (SSSR count). The zero-order chi connectivity index (χ0) is 6.78. The normalized spacial score (nSPS) is 21.8. The Kier molecular flexibility index (Phi) is 1.56. The Bertz CT molecular complexity index is 72.4. The zero-order valence-electron chi connectivity index (χ0n) is 5.68. The summed E-state index contributed by atoms with van der Waals surface area (Å²) in [4.78, 5) is 0. The molecular weight excluding hydrogens is 80.0 g/mol. The fourth-order valence-electron chi connectivity index (χ4n) is 0.132. The van der Waals surface area contributed by atoms with Gasteiger partial charge in [-0.3, -0.25) is 0 Å². The summed E-state index contributed by atoms with van der Waals surface area (Å²) in [6.07, 6.45) is -2.95. The fraction of sp³-hybridized carbons (Fsp3) is 1.00. The predicted octanol–water partition coefficient (Wildman–Crippen LogP) is -0.250. The van der Waals surface area contributed by atoms with Gasteiger partial charge < -0.3 is 10.2 Å². The third-order valence-electron chi connectivity index (χ3n) is 0.387. The largest absolute Gasteiger partial charge is 0.396 e. The Labute approximate surface area is 40.2 Å². The molecule has 0 saturated carbocycles. The second-order valence-corrected chi connectivity index (χ2v) is 1.04. The molecule has 2 N–H and O–H groups in total. The van der Waals surface area contributed by atoms with Gasteiger partial charge in [-0.15, -0.1) is 0 Å². The lowest BCUT2D eigenvalue weighted by Crippen LogP contribution is -2.00. The van der Waals surface area contributed by atoms with Crippen molar-refractivity contribution in [3.8, 4) is 0 Å². The molecule has 1 unspecified atom stereocenters. The minimum absolute atomic E-state index is 0.634. The van der Waals surface area contributed by atoms with Gasteiger partial charge in [0.1, 0.15) is 0 Å². The molecule has 1 atom stereocenters. The van der Waals surface area contributed by atoms with Gasteiger partial charge in [-0.2, -0.15) is 0 Å². The van der Waals surface area contributed by atoms with Crippen molar-refractivity contribution in [2.45, 2.75) is 19.4 Å². The molecule has 0 aromatic carbocycles. The molecule has 0 aliphatic carbocycles. The van der Waals surface area contributed by atoms with E-state index in [1.165, 1.54) is 6.92 Å². The van der Waals surface area contributed by atoms with Crippen molar-refractivity contribution in [1.29, 1.82) is 0 Å². The average molecular weight is 92.1 g/mol. The zero-order valence-corrected chi connectivity index (χ0v) is 3.68. The highest BCUT2D eigenvalue weighted by atomic mass is 16.3. The first kappa shape index (κ1) is 2.99. The van der Waals surface area contributed by atoms with Crippen molar-refractivity contribution >= 4 is 0 Å². The predicted molar refractivity (Wildman–Crippen MR) is 23.4 cm³/mol. The molecule has 0 amide bonds. The molecule has 6 heavy (non-hydrogen) atoms. The van der Waals surface area contributed by atoms with Gasteiger partial charge in [0.15, 0.2) is 0 Å². The van der Waals surface area contributed by atoms with Gasteiger partial charge in [-0.05, 0) is 13.3 Å². The van der Waals surface area contributed by atoms with Crippen LogP contribution in [-0.4, -0.2) is 22.9 Å². The molecule has 0 fully saturated rings. The highest BCUT2D eigenvalue weighted by Gasteiger charge is 1.88. The lowest BCUT2D eigenvalue weighted by atomic mass is 10.3. The topological polar surface area (TPSA) is 40.5 Å². The van der Waals surface area contributed by atoms with Crippen LogP contribution in [0.4, 0.5) is 0 Å². The van der Waals surface area contributed by atoms with E-state index in [2.05, 4.69) is 0 Å². The molecule has 38 valence electrons. The Hall–Kier alpha value is -0.0800. The summed E-state index contributed by atoms with van der Waals surface area (Å²) in [6, 6.07) is 0. The second-order valence-electron chi connectivity index (χ2n) is 1.04. The first-order chi connectivity index (χ1) is 3.50. The van der Waals surface area contributed by atoms with E-state index in [9.17, 15) is 0 Å². The molecule has 0 heterocycles. The molecule has 0 aliphatic heterocycles. The van der Waals surface area contributed by atoms with Crippen LogP contribution < -0.4 is 0 Å². The van der Waals surface area contributed by atoms with Gasteiger partial charge in [0, 0.05) is 9.35 Å². The van der Waals surface area contributed by atoms with E-state index in [1.54, 1.807) is 0 Å². The molecule has 0 aromatic rings. The summed E-state index contributed by atoms with van der Waals surface area (Å²) in [5, 5.41) is 16.8. The van der Waals surface area contributed by atoms with Gasteiger partial charge in [0.2, 0.25) is 0 Å². The third kappa shape index (κ3) is 3.92. The van der Waals surface area contributed by atoms with E-state index in [1.807, 2.05) is 0 Å².